The summed E-state index contributed by atoms with van der Waals surface area (Å²) in [5, 5.41) is 0. The fourth-order valence-corrected chi connectivity index (χ4v) is 2.07. The van der Waals surface area contributed by atoms with E-state index in [2.05, 4.69) is 6.92 Å². The van der Waals surface area contributed by atoms with Crippen LogP contribution in [0.15, 0.2) is 0 Å². The maximum absolute atomic E-state index is 11.3. The number of hydrogen-bond acceptors (Lipinski definition) is 5. The number of carbonyl (C=O) groups excluding carboxylic acids is 2. The van der Waals surface area contributed by atoms with E-state index in [1.807, 2.05) is 0 Å². The summed E-state index contributed by atoms with van der Waals surface area (Å²) in [4.78, 5) is 21.8. The molecule has 0 spiro atoms. The maximum atomic E-state index is 11.3. The Kier molecular flexibility index (Phi) is 12.2. The largest absolute Gasteiger partial charge is 0.466 e. The smallest absolute Gasteiger partial charge is 0.306 e. The van der Waals surface area contributed by atoms with Crippen molar-refractivity contribution in [2.75, 3.05) is 18.3 Å². The lowest BCUT2D eigenvalue weighted by Crippen LogP contribution is -2.05. The Labute approximate surface area is 114 Å². The van der Waals surface area contributed by atoms with E-state index in [0.29, 0.717) is 19.0 Å². The molecule has 0 radical (unpaired) electrons. The molecule has 0 aliphatic heterocycles. The zero-order valence-electron chi connectivity index (χ0n) is 11.4. The van der Waals surface area contributed by atoms with Gasteiger partial charge in [-0.3, -0.25) is 9.59 Å². The zero-order valence-corrected chi connectivity index (χ0v) is 12.2. The third kappa shape index (κ3) is 13.4. The molecule has 5 heteroatoms. The quantitative estimate of drug-likeness (QED) is 0.330. The molecule has 0 saturated carbocycles. The van der Waals surface area contributed by atoms with Gasteiger partial charge in [-0.15, -0.1) is 11.8 Å². The van der Waals surface area contributed by atoms with Gasteiger partial charge in [-0.25, -0.2) is 0 Å². The summed E-state index contributed by atoms with van der Waals surface area (Å²) in [6.07, 6.45) is 5.26. The van der Waals surface area contributed by atoms with Crippen LogP contribution in [0.1, 0.15) is 52.4 Å². The van der Waals surface area contributed by atoms with Crippen molar-refractivity contribution < 1.29 is 19.1 Å². The normalized spacial score (nSPS) is 10.1. The van der Waals surface area contributed by atoms with Crippen molar-refractivity contribution in [2.45, 2.75) is 52.4 Å². The summed E-state index contributed by atoms with van der Waals surface area (Å²) in [5.41, 5.74) is 0. The molecule has 0 aliphatic carbocycles. The van der Waals surface area contributed by atoms with Gasteiger partial charge >= 0.3 is 11.9 Å². The van der Waals surface area contributed by atoms with Crippen molar-refractivity contribution in [1.82, 2.24) is 0 Å². The molecule has 0 saturated heterocycles. The number of ether oxygens (including phenoxy) is 2. The number of rotatable bonds is 11. The van der Waals surface area contributed by atoms with E-state index in [9.17, 15) is 9.59 Å². The molecule has 0 rings (SSSR count). The highest BCUT2D eigenvalue weighted by atomic mass is 32.2. The van der Waals surface area contributed by atoms with Gasteiger partial charge in [-0.1, -0.05) is 13.3 Å². The van der Waals surface area contributed by atoms with Crippen molar-refractivity contribution in [3.63, 3.8) is 0 Å². The van der Waals surface area contributed by atoms with Gasteiger partial charge < -0.3 is 9.47 Å². The minimum absolute atomic E-state index is 0.133. The van der Waals surface area contributed by atoms with Gasteiger partial charge in [0.05, 0.1) is 6.61 Å². The molecular formula is C13H24O4S. The Hall–Kier alpha value is -0.710. The molecule has 0 aromatic heterocycles. The highest BCUT2D eigenvalue weighted by Crippen LogP contribution is 2.07. The van der Waals surface area contributed by atoms with Gasteiger partial charge in [0.25, 0.3) is 0 Å². The number of unbranched alkanes of at least 4 members (excludes halogenated alkanes) is 3. The molecule has 0 heterocycles. The predicted octanol–water partition coefficient (Wildman–Crippen LogP) is 3.14. The monoisotopic (exact) mass is 276 g/mol. The van der Waals surface area contributed by atoms with Gasteiger partial charge in [-0.2, -0.15) is 0 Å². The second-order valence-electron chi connectivity index (χ2n) is 4.05. The second kappa shape index (κ2) is 12.7. The SMILES string of the molecule is CCCCSCOC(=O)CCCCCOC(C)=O. The van der Waals surface area contributed by atoms with Crippen molar-refractivity contribution in [3.05, 3.63) is 0 Å². The summed E-state index contributed by atoms with van der Waals surface area (Å²) in [7, 11) is 0. The summed E-state index contributed by atoms with van der Waals surface area (Å²) in [5.74, 6) is 1.13. The van der Waals surface area contributed by atoms with Crippen LogP contribution in [0.4, 0.5) is 0 Å². The average Bonchev–Trinajstić information content (AvgIpc) is 2.33. The fraction of sp³-hybridized carbons (Fsp3) is 0.846. The van der Waals surface area contributed by atoms with Gasteiger partial charge in [0.1, 0.15) is 5.94 Å². The van der Waals surface area contributed by atoms with Crippen LogP contribution in [0, 0.1) is 0 Å². The lowest BCUT2D eigenvalue weighted by Gasteiger charge is -2.04. The van der Waals surface area contributed by atoms with Gasteiger partial charge in [-0.05, 0) is 31.4 Å². The van der Waals surface area contributed by atoms with Gasteiger partial charge in [0, 0.05) is 13.3 Å². The molecule has 0 amide bonds. The molecule has 0 aromatic carbocycles. The first kappa shape index (κ1) is 17.3. The van der Waals surface area contributed by atoms with Crippen LogP contribution >= 0.6 is 11.8 Å². The molecule has 0 fully saturated rings. The Morgan fingerprint density at radius 1 is 1.06 bits per heavy atom. The van der Waals surface area contributed by atoms with Gasteiger partial charge in [0.15, 0.2) is 0 Å². The number of thioether (sulfide) groups is 1. The lowest BCUT2D eigenvalue weighted by atomic mass is 10.2. The molecule has 0 N–H and O–H groups in total. The summed E-state index contributed by atoms with van der Waals surface area (Å²) < 4.78 is 9.86. The first-order chi connectivity index (χ1) is 8.66. The van der Waals surface area contributed by atoms with Crippen molar-refractivity contribution in [3.8, 4) is 0 Å². The highest BCUT2D eigenvalue weighted by molar-refractivity contribution is 7.99. The van der Waals surface area contributed by atoms with Crippen molar-refractivity contribution in [2.24, 2.45) is 0 Å². The zero-order chi connectivity index (χ0) is 13.6. The van der Waals surface area contributed by atoms with Crippen LogP contribution < -0.4 is 0 Å². The minimum atomic E-state index is -0.251. The first-order valence-electron chi connectivity index (χ1n) is 6.53. The van der Waals surface area contributed by atoms with Crippen LogP contribution in [-0.4, -0.2) is 30.2 Å². The topological polar surface area (TPSA) is 52.6 Å². The minimum Gasteiger partial charge on any atom is -0.466 e. The Morgan fingerprint density at radius 2 is 1.83 bits per heavy atom. The molecule has 0 atom stereocenters. The first-order valence-corrected chi connectivity index (χ1v) is 7.69. The standard InChI is InChI=1S/C13H24O4S/c1-3-4-10-18-11-17-13(15)8-6-5-7-9-16-12(2)14/h3-11H2,1-2H3. The highest BCUT2D eigenvalue weighted by Gasteiger charge is 2.02. The molecule has 0 aromatic rings. The summed E-state index contributed by atoms with van der Waals surface area (Å²) in [6, 6.07) is 0. The summed E-state index contributed by atoms with van der Waals surface area (Å²) >= 11 is 1.66. The van der Waals surface area contributed by atoms with Gasteiger partial charge in [0.2, 0.25) is 0 Å². The van der Waals surface area contributed by atoms with Crippen LogP contribution in [0.3, 0.4) is 0 Å². The molecular weight excluding hydrogens is 252 g/mol. The summed E-state index contributed by atoms with van der Waals surface area (Å²) in [6.45, 7) is 3.98. The Bertz CT molecular complexity index is 231. The molecule has 4 nitrogen and oxygen atoms in total. The number of hydrogen-bond donors (Lipinski definition) is 0. The molecule has 0 bridgehead atoms. The molecule has 106 valence electrons. The van der Waals surface area contributed by atoms with E-state index in [-0.39, 0.29) is 11.9 Å². The van der Waals surface area contributed by atoms with Crippen molar-refractivity contribution >= 4 is 23.7 Å². The number of carbonyl (C=O) groups is 2. The third-order valence-corrected chi connectivity index (χ3v) is 3.14. The lowest BCUT2D eigenvalue weighted by molar-refractivity contribution is -0.142. The van der Waals surface area contributed by atoms with E-state index in [0.717, 1.165) is 25.0 Å². The Morgan fingerprint density at radius 3 is 2.50 bits per heavy atom. The molecule has 0 unspecified atom stereocenters. The van der Waals surface area contributed by atoms with Crippen LogP contribution in [-0.2, 0) is 19.1 Å². The average molecular weight is 276 g/mol. The van der Waals surface area contributed by atoms with Crippen LogP contribution in [0.2, 0.25) is 0 Å². The van der Waals surface area contributed by atoms with E-state index in [1.165, 1.54) is 19.8 Å². The fourth-order valence-electron chi connectivity index (χ4n) is 1.25. The number of esters is 2. The maximum Gasteiger partial charge on any atom is 0.306 e. The van der Waals surface area contributed by atoms with Crippen LogP contribution in [0.25, 0.3) is 0 Å². The van der Waals surface area contributed by atoms with Crippen molar-refractivity contribution in [1.29, 1.82) is 0 Å². The van der Waals surface area contributed by atoms with E-state index in [4.69, 9.17) is 9.47 Å². The third-order valence-electron chi connectivity index (χ3n) is 2.28. The van der Waals surface area contributed by atoms with E-state index < -0.39 is 0 Å². The van der Waals surface area contributed by atoms with E-state index >= 15 is 0 Å². The Balaban J connectivity index is 3.19. The predicted molar refractivity (Wildman–Crippen MR) is 73.4 cm³/mol. The molecule has 0 aliphatic rings. The second-order valence-corrected chi connectivity index (χ2v) is 5.10. The molecule has 18 heavy (non-hydrogen) atoms. The van der Waals surface area contributed by atoms with E-state index in [1.54, 1.807) is 11.8 Å². The van der Waals surface area contributed by atoms with Crippen LogP contribution in [0.5, 0.6) is 0 Å².